The summed E-state index contributed by atoms with van der Waals surface area (Å²) in [6.07, 6.45) is 1.66. The zero-order chi connectivity index (χ0) is 19.0. The lowest BCUT2D eigenvalue weighted by molar-refractivity contribution is -0.149. The minimum Gasteiger partial charge on any atom is -0.463 e. The second-order valence-corrected chi connectivity index (χ2v) is 5.75. The van der Waals surface area contributed by atoms with Crippen LogP contribution < -0.4 is 0 Å². The molecule has 0 bridgehead atoms. The van der Waals surface area contributed by atoms with Gasteiger partial charge in [-0.3, -0.25) is 9.59 Å². The molecular weight excluding hydrogens is 328 g/mol. The molecule has 1 unspecified atom stereocenters. The first-order chi connectivity index (χ1) is 12.0. The molecule has 0 heterocycles. The lowest BCUT2D eigenvalue weighted by atomic mass is 9.92. The fourth-order valence-corrected chi connectivity index (χ4v) is 2.18. The van der Waals surface area contributed by atoms with Gasteiger partial charge in [0.25, 0.3) is 0 Å². The highest BCUT2D eigenvalue weighted by atomic mass is 16.6. The van der Waals surface area contributed by atoms with Gasteiger partial charge in [0.05, 0.1) is 39.5 Å². The molecule has 0 aliphatic rings. The highest BCUT2D eigenvalue weighted by Crippen LogP contribution is 2.20. The third kappa shape index (κ3) is 12.0. The van der Waals surface area contributed by atoms with Crippen LogP contribution >= 0.6 is 0 Å². The Kier molecular flexibility index (Phi) is 14.6. The number of methoxy groups -OCH3 is 1. The van der Waals surface area contributed by atoms with Crippen LogP contribution in [-0.2, 0) is 33.3 Å². The van der Waals surface area contributed by atoms with E-state index in [1.165, 1.54) is 7.11 Å². The van der Waals surface area contributed by atoms with Gasteiger partial charge in [-0.15, -0.1) is 0 Å². The van der Waals surface area contributed by atoms with Gasteiger partial charge in [0.2, 0.25) is 0 Å². The molecule has 0 aromatic rings. The molecule has 0 rings (SSSR count). The molecule has 1 atom stereocenters. The molecule has 0 aliphatic heterocycles. The van der Waals surface area contributed by atoms with Gasteiger partial charge in [-0.2, -0.15) is 0 Å². The van der Waals surface area contributed by atoms with Gasteiger partial charge in [-0.1, -0.05) is 13.3 Å². The van der Waals surface area contributed by atoms with E-state index in [9.17, 15) is 9.59 Å². The van der Waals surface area contributed by atoms with Crippen LogP contribution in [0.15, 0.2) is 0 Å². The van der Waals surface area contributed by atoms with Crippen molar-refractivity contribution in [3.05, 3.63) is 0 Å². The topological polar surface area (TPSA) is 80.3 Å². The summed E-state index contributed by atoms with van der Waals surface area (Å²) >= 11 is 0. The Morgan fingerprint density at radius 1 is 0.840 bits per heavy atom. The van der Waals surface area contributed by atoms with Crippen molar-refractivity contribution in [3.8, 4) is 0 Å². The van der Waals surface area contributed by atoms with Crippen LogP contribution in [-0.4, -0.2) is 70.7 Å². The number of ether oxygens (including phenoxy) is 5. The first kappa shape index (κ1) is 24.0. The highest BCUT2D eigenvalue weighted by Gasteiger charge is 2.31. The van der Waals surface area contributed by atoms with Crippen molar-refractivity contribution in [1.82, 2.24) is 0 Å². The van der Waals surface area contributed by atoms with E-state index in [-0.39, 0.29) is 25.2 Å². The largest absolute Gasteiger partial charge is 0.463 e. The van der Waals surface area contributed by atoms with E-state index in [1.54, 1.807) is 6.92 Å². The predicted molar refractivity (Wildman–Crippen MR) is 93.7 cm³/mol. The molecule has 7 nitrogen and oxygen atoms in total. The summed E-state index contributed by atoms with van der Waals surface area (Å²) in [6.45, 7) is 8.86. The summed E-state index contributed by atoms with van der Waals surface area (Å²) in [7, 11) is 1.52. The average Bonchev–Trinajstić information content (AvgIpc) is 2.61. The van der Waals surface area contributed by atoms with Crippen LogP contribution in [0.1, 0.15) is 46.5 Å². The van der Waals surface area contributed by atoms with Gasteiger partial charge in [-0.25, -0.2) is 0 Å². The quantitative estimate of drug-likeness (QED) is 0.290. The molecule has 0 N–H and O–H groups in total. The first-order valence-electron chi connectivity index (χ1n) is 8.97. The fraction of sp³-hybridized carbons (Fsp3) is 0.889. The Labute approximate surface area is 151 Å². The molecule has 0 saturated heterocycles. The third-order valence-corrected chi connectivity index (χ3v) is 3.76. The lowest BCUT2D eigenvalue weighted by Crippen LogP contribution is -2.37. The molecule has 0 aromatic heterocycles. The monoisotopic (exact) mass is 362 g/mol. The molecule has 0 aliphatic carbocycles. The summed E-state index contributed by atoms with van der Waals surface area (Å²) in [4.78, 5) is 23.8. The molecule has 0 amide bonds. The van der Waals surface area contributed by atoms with Crippen molar-refractivity contribution in [2.45, 2.75) is 52.1 Å². The van der Waals surface area contributed by atoms with E-state index in [1.807, 2.05) is 13.8 Å². The number of carbonyl (C=O) groups is 2. The highest BCUT2D eigenvalue weighted by molar-refractivity contribution is 5.89. The Bertz CT molecular complexity index is 359. The Morgan fingerprint density at radius 3 is 1.92 bits per heavy atom. The van der Waals surface area contributed by atoms with E-state index >= 15 is 0 Å². The maximum absolute atomic E-state index is 12.2. The average molecular weight is 362 g/mol. The standard InChI is InChI=1S/C18H34O7/c1-5-9-18(3,21-4)16(19)7-8-17(20)25-15-14-24-13-12-23-11-10-22-6-2/h5-15H2,1-4H3. The number of ketones is 1. The van der Waals surface area contributed by atoms with Gasteiger partial charge in [0.1, 0.15) is 12.2 Å². The van der Waals surface area contributed by atoms with Crippen LogP contribution in [0.2, 0.25) is 0 Å². The van der Waals surface area contributed by atoms with Crippen LogP contribution in [0.5, 0.6) is 0 Å². The zero-order valence-electron chi connectivity index (χ0n) is 16.1. The molecule has 0 spiro atoms. The maximum atomic E-state index is 12.2. The van der Waals surface area contributed by atoms with Gasteiger partial charge in [0.15, 0.2) is 5.78 Å². The number of Topliss-reactive ketones (excluding diaryl/α,β-unsaturated/α-hetero) is 1. The summed E-state index contributed by atoms with van der Waals surface area (Å²) in [6, 6.07) is 0. The smallest absolute Gasteiger partial charge is 0.306 e. The molecule has 0 radical (unpaired) electrons. The van der Waals surface area contributed by atoms with Crippen LogP contribution in [0, 0.1) is 0 Å². The number of carbonyl (C=O) groups excluding carboxylic acids is 2. The summed E-state index contributed by atoms with van der Waals surface area (Å²) in [5.41, 5.74) is -0.819. The summed E-state index contributed by atoms with van der Waals surface area (Å²) in [5.74, 6) is -0.478. The second-order valence-electron chi connectivity index (χ2n) is 5.75. The minimum atomic E-state index is -0.819. The number of hydrogen-bond acceptors (Lipinski definition) is 7. The van der Waals surface area contributed by atoms with Crippen molar-refractivity contribution in [2.24, 2.45) is 0 Å². The minimum absolute atomic E-state index is 0.0576. The van der Waals surface area contributed by atoms with Crippen molar-refractivity contribution < 1.29 is 33.3 Å². The predicted octanol–water partition coefficient (Wildman–Crippen LogP) is 2.15. The van der Waals surface area contributed by atoms with Gasteiger partial charge < -0.3 is 23.7 Å². The molecule has 7 heteroatoms. The summed E-state index contributed by atoms with van der Waals surface area (Å²) < 4.78 is 26.0. The van der Waals surface area contributed by atoms with Crippen molar-refractivity contribution in [1.29, 1.82) is 0 Å². The SMILES string of the molecule is CCCC(C)(OC)C(=O)CCC(=O)OCCOCCOCCOCC. The van der Waals surface area contributed by atoms with Gasteiger partial charge in [0, 0.05) is 20.1 Å². The maximum Gasteiger partial charge on any atom is 0.306 e. The number of rotatable bonds is 17. The normalized spacial score (nSPS) is 13.4. The van der Waals surface area contributed by atoms with E-state index < -0.39 is 11.6 Å². The van der Waals surface area contributed by atoms with Crippen molar-refractivity contribution in [3.63, 3.8) is 0 Å². The Morgan fingerprint density at radius 2 is 1.40 bits per heavy atom. The summed E-state index contributed by atoms with van der Waals surface area (Å²) in [5, 5.41) is 0. The molecule has 0 aromatic carbocycles. The molecule has 0 saturated carbocycles. The van der Waals surface area contributed by atoms with Crippen LogP contribution in [0.25, 0.3) is 0 Å². The molecule has 0 fully saturated rings. The number of esters is 1. The molecule has 148 valence electrons. The molecular formula is C18H34O7. The first-order valence-corrected chi connectivity index (χ1v) is 8.97. The number of hydrogen-bond donors (Lipinski definition) is 0. The third-order valence-electron chi connectivity index (χ3n) is 3.76. The van der Waals surface area contributed by atoms with E-state index in [0.29, 0.717) is 46.1 Å². The Balaban J connectivity index is 3.63. The van der Waals surface area contributed by atoms with E-state index in [0.717, 1.165) is 6.42 Å². The van der Waals surface area contributed by atoms with Crippen molar-refractivity contribution in [2.75, 3.05) is 53.4 Å². The second kappa shape index (κ2) is 15.3. The van der Waals surface area contributed by atoms with Crippen LogP contribution in [0.3, 0.4) is 0 Å². The van der Waals surface area contributed by atoms with E-state index in [4.69, 9.17) is 23.7 Å². The van der Waals surface area contributed by atoms with Crippen LogP contribution in [0.4, 0.5) is 0 Å². The lowest BCUT2D eigenvalue weighted by Gasteiger charge is -2.25. The molecule has 25 heavy (non-hydrogen) atoms. The van der Waals surface area contributed by atoms with Gasteiger partial charge in [-0.05, 0) is 20.3 Å². The zero-order valence-corrected chi connectivity index (χ0v) is 16.1. The fourth-order valence-electron chi connectivity index (χ4n) is 2.18. The van der Waals surface area contributed by atoms with E-state index in [2.05, 4.69) is 0 Å². The Hall–Kier alpha value is -1.02. The van der Waals surface area contributed by atoms with Gasteiger partial charge >= 0.3 is 5.97 Å². The van der Waals surface area contributed by atoms with Crippen molar-refractivity contribution >= 4 is 11.8 Å².